The van der Waals surface area contributed by atoms with Crippen LogP contribution in [0.3, 0.4) is 0 Å². The minimum atomic E-state index is -1.32. The minimum absolute atomic E-state index is 0.221. The Hall–Kier alpha value is -2.14. The minimum Gasteiger partial charge on any atom is -0.478 e. The zero-order valence-electron chi connectivity index (χ0n) is 9.67. The molecule has 0 radical (unpaired) electrons. The lowest BCUT2D eigenvalue weighted by Gasteiger charge is -2.07. The van der Waals surface area contributed by atoms with Crippen molar-refractivity contribution in [1.29, 1.82) is 0 Å². The third-order valence-electron chi connectivity index (χ3n) is 2.46. The molecule has 96 valence electrons. The highest BCUT2D eigenvalue weighted by Crippen LogP contribution is 2.31. The molecule has 0 fully saturated rings. The maximum atomic E-state index is 14.1. The maximum absolute atomic E-state index is 14.1. The van der Waals surface area contributed by atoms with Gasteiger partial charge in [-0.2, -0.15) is 0 Å². The van der Waals surface area contributed by atoms with Crippen LogP contribution in [0.25, 0.3) is 0 Å². The molecule has 19 heavy (non-hydrogen) atoms. The molecule has 0 aliphatic carbocycles. The van der Waals surface area contributed by atoms with Crippen LogP contribution >= 0.6 is 11.8 Å². The van der Waals surface area contributed by atoms with Crippen molar-refractivity contribution in [3.8, 4) is 0 Å². The van der Waals surface area contributed by atoms with Crippen LogP contribution in [0.15, 0.2) is 52.3 Å². The summed E-state index contributed by atoms with van der Waals surface area (Å²) in [6, 6.07) is 11.7. The van der Waals surface area contributed by atoms with E-state index in [1.54, 1.807) is 12.1 Å². The highest BCUT2D eigenvalue weighted by atomic mass is 32.2. The first-order chi connectivity index (χ1) is 9.13. The van der Waals surface area contributed by atoms with Crippen molar-refractivity contribution in [2.75, 3.05) is 0 Å². The van der Waals surface area contributed by atoms with Crippen LogP contribution in [0.4, 0.5) is 4.39 Å². The smallest absolute Gasteiger partial charge is 0.336 e. The molecule has 0 aliphatic rings. The van der Waals surface area contributed by atoms with Crippen molar-refractivity contribution in [3.05, 3.63) is 59.4 Å². The van der Waals surface area contributed by atoms with Crippen LogP contribution in [0.5, 0.6) is 0 Å². The van der Waals surface area contributed by atoms with E-state index in [1.807, 2.05) is 18.2 Å². The number of rotatable bonds is 4. The average molecular weight is 276 g/mol. The number of carboxylic acid groups (broad SMARTS) is 1. The van der Waals surface area contributed by atoms with Gasteiger partial charge in [0.2, 0.25) is 0 Å². The van der Waals surface area contributed by atoms with E-state index in [1.165, 1.54) is 12.1 Å². The quantitative estimate of drug-likeness (QED) is 0.868. The summed E-state index contributed by atoms with van der Waals surface area (Å²) in [5.41, 5.74) is -0.752. The second-order valence-electron chi connectivity index (χ2n) is 3.68. The summed E-state index contributed by atoms with van der Waals surface area (Å²) in [6.45, 7) is 0. The summed E-state index contributed by atoms with van der Waals surface area (Å²) in [4.78, 5) is 22.7. The Balaban J connectivity index is 2.43. The molecule has 2 aromatic carbocycles. The number of halogens is 1. The number of carbonyl (C=O) groups is 2. The van der Waals surface area contributed by atoms with E-state index >= 15 is 0 Å². The van der Waals surface area contributed by atoms with Gasteiger partial charge in [0, 0.05) is 9.79 Å². The summed E-state index contributed by atoms with van der Waals surface area (Å²) in [5.74, 6) is -2.12. The van der Waals surface area contributed by atoms with Crippen molar-refractivity contribution in [2.24, 2.45) is 0 Å². The van der Waals surface area contributed by atoms with Crippen molar-refractivity contribution < 1.29 is 19.1 Å². The number of carbonyl (C=O) groups excluding carboxylic acids is 1. The van der Waals surface area contributed by atoms with Gasteiger partial charge in [0.05, 0.1) is 11.1 Å². The molecule has 2 aromatic rings. The lowest BCUT2D eigenvalue weighted by atomic mass is 10.1. The monoisotopic (exact) mass is 276 g/mol. The fourth-order valence-electron chi connectivity index (χ4n) is 1.57. The van der Waals surface area contributed by atoms with Crippen LogP contribution in [0.2, 0.25) is 0 Å². The molecule has 0 saturated heterocycles. The standard InChI is InChI=1S/C14H9FO3S/c15-13-11(8-16)10(14(17)18)6-7-12(13)19-9-4-2-1-3-5-9/h1-8H,(H,17,18). The molecule has 0 bridgehead atoms. The van der Waals surface area contributed by atoms with Gasteiger partial charge in [-0.05, 0) is 24.3 Å². The summed E-state index contributed by atoms with van der Waals surface area (Å²) < 4.78 is 14.1. The first kappa shape index (κ1) is 13.3. The van der Waals surface area contributed by atoms with E-state index in [-0.39, 0.29) is 16.7 Å². The van der Waals surface area contributed by atoms with E-state index < -0.39 is 17.3 Å². The van der Waals surface area contributed by atoms with Gasteiger partial charge in [0.1, 0.15) is 5.82 Å². The first-order valence-electron chi connectivity index (χ1n) is 5.37. The third kappa shape index (κ3) is 2.82. The van der Waals surface area contributed by atoms with E-state index in [4.69, 9.17) is 5.11 Å². The second kappa shape index (κ2) is 5.67. The number of carboxylic acids is 1. The summed E-state index contributed by atoms with van der Waals surface area (Å²) in [5, 5.41) is 8.87. The van der Waals surface area contributed by atoms with Gasteiger partial charge in [-0.1, -0.05) is 30.0 Å². The lowest BCUT2D eigenvalue weighted by molar-refractivity contribution is 0.0693. The van der Waals surface area contributed by atoms with Crippen molar-refractivity contribution >= 4 is 24.0 Å². The van der Waals surface area contributed by atoms with Crippen LogP contribution in [-0.4, -0.2) is 17.4 Å². The number of hydrogen-bond acceptors (Lipinski definition) is 3. The zero-order valence-corrected chi connectivity index (χ0v) is 10.5. The predicted molar refractivity (Wildman–Crippen MR) is 69.3 cm³/mol. The molecular formula is C14H9FO3S. The highest BCUT2D eigenvalue weighted by molar-refractivity contribution is 7.99. The molecule has 0 heterocycles. The van der Waals surface area contributed by atoms with Gasteiger partial charge in [-0.15, -0.1) is 0 Å². The highest BCUT2D eigenvalue weighted by Gasteiger charge is 2.17. The number of aromatic carboxylic acids is 1. The Morgan fingerprint density at radius 2 is 1.84 bits per heavy atom. The Bertz CT molecular complexity index is 626. The maximum Gasteiger partial charge on any atom is 0.336 e. The molecule has 0 spiro atoms. The Morgan fingerprint density at radius 1 is 1.16 bits per heavy atom. The van der Waals surface area contributed by atoms with E-state index in [0.29, 0.717) is 0 Å². The van der Waals surface area contributed by atoms with Crippen molar-refractivity contribution in [1.82, 2.24) is 0 Å². The molecule has 1 N–H and O–H groups in total. The van der Waals surface area contributed by atoms with Crippen LogP contribution in [0, 0.1) is 5.82 Å². The summed E-state index contributed by atoms with van der Waals surface area (Å²) >= 11 is 1.14. The average Bonchev–Trinajstić information content (AvgIpc) is 2.41. The molecule has 2 rings (SSSR count). The number of benzene rings is 2. The molecule has 0 saturated carbocycles. The largest absolute Gasteiger partial charge is 0.478 e. The number of hydrogen-bond donors (Lipinski definition) is 1. The van der Waals surface area contributed by atoms with Gasteiger partial charge in [0.15, 0.2) is 6.29 Å². The van der Waals surface area contributed by atoms with Crippen molar-refractivity contribution in [3.63, 3.8) is 0 Å². The topological polar surface area (TPSA) is 54.4 Å². The third-order valence-corrected chi connectivity index (χ3v) is 3.51. The van der Waals surface area contributed by atoms with Gasteiger partial charge < -0.3 is 5.11 Å². The predicted octanol–water partition coefficient (Wildman–Crippen LogP) is 3.49. The lowest BCUT2D eigenvalue weighted by Crippen LogP contribution is -2.05. The van der Waals surface area contributed by atoms with Crippen molar-refractivity contribution in [2.45, 2.75) is 9.79 Å². The summed E-state index contributed by atoms with van der Waals surface area (Å²) in [7, 11) is 0. The van der Waals surface area contributed by atoms with Crippen LogP contribution < -0.4 is 0 Å². The first-order valence-corrected chi connectivity index (χ1v) is 6.19. The van der Waals surface area contributed by atoms with Gasteiger partial charge in [0.25, 0.3) is 0 Å². The van der Waals surface area contributed by atoms with Gasteiger partial charge >= 0.3 is 5.97 Å². The fraction of sp³-hybridized carbons (Fsp3) is 0. The fourth-order valence-corrected chi connectivity index (χ4v) is 2.45. The normalized spacial score (nSPS) is 10.2. The molecule has 0 unspecified atom stereocenters. The molecular weight excluding hydrogens is 267 g/mol. The molecule has 0 aliphatic heterocycles. The van der Waals surface area contributed by atoms with Gasteiger partial charge in [-0.3, -0.25) is 4.79 Å². The van der Waals surface area contributed by atoms with E-state index in [9.17, 15) is 14.0 Å². The molecule has 3 nitrogen and oxygen atoms in total. The molecule has 5 heteroatoms. The van der Waals surface area contributed by atoms with Crippen LogP contribution in [0.1, 0.15) is 20.7 Å². The van der Waals surface area contributed by atoms with Crippen LogP contribution in [-0.2, 0) is 0 Å². The molecule has 0 aromatic heterocycles. The molecule has 0 amide bonds. The van der Waals surface area contributed by atoms with E-state index in [2.05, 4.69) is 0 Å². The Morgan fingerprint density at radius 3 is 2.42 bits per heavy atom. The van der Waals surface area contributed by atoms with E-state index in [0.717, 1.165) is 16.7 Å². The Kier molecular flexibility index (Phi) is 3.97. The molecule has 0 atom stereocenters. The number of aldehydes is 1. The van der Waals surface area contributed by atoms with Gasteiger partial charge in [-0.25, -0.2) is 9.18 Å². The zero-order chi connectivity index (χ0) is 13.8. The Labute approximate surface area is 113 Å². The summed E-state index contributed by atoms with van der Waals surface area (Å²) in [6.07, 6.45) is 0.230. The second-order valence-corrected chi connectivity index (χ2v) is 4.79. The SMILES string of the molecule is O=Cc1c(C(=O)O)ccc(Sc2ccccc2)c1F.